The van der Waals surface area contributed by atoms with E-state index in [1.807, 2.05) is 24.3 Å². The van der Waals surface area contributed by atoms with E-state index in [2.05, 4.69) is 0 Å². The number of benzene rings is 1. The Kier molecular flexibility index (Phi) is 5.34. The summed E-state index contributed by atoms with van der Waals surface area (Å²) in [5.74, 6) is 2.18. The molecule has 1 saturated heterocycles. The molecule has 3 nitrogen and oxygen atoms in total. The lowest BCUT2D eigenvalue weighted by molar-refractivity contribution is -0.00615. The Labute approximate surface area is 119 Å². The van der Waals surface area contributed by atoms with Crippen molar-refractivity contribution in [2.75, 3.05) is 32.8 Å². The Morgan fingerprint density at radius 2 is 2.11 bits per heavy atom. The second kappa shape index (κ2) is 7.01. The number of hydrogen-bond acceptors (Lipinski definition) is 3. The third kappa shape index (κ3) is 3.77. The fourth-order valence-electron chi connectivity index (χ4n) is 2.39. The van der Waals surface area contributed by atoms with Gasteiger partial charge in [-0.25, -0.2) is 0 Å². The largest absolute Gasteiger partial charge is 0.493 e. The summed E-state index contributed by atoms with van der Waals surface area (Å²) in [6.45, 7) is 2.23. The first-order valence-electron chi connectivity index (χ1n) is 6.69. The molecule has 0 spiro atoms. The van der Waals surface area contributed by atoms with E-state index < -0.39 is 0 Å². The van der Waals surface area contributed by atoms with Crippen LogP contribution in [0.4, 0.5) is 0 Å². The fourth-order valence-corrected chi connectivity index (χ4v) is 2.74. The van der Waals surface area contributed by atoms with Gasteiger partial charge in [-0.05, 0) is 31.4 Å². The fraction of sp³-hybridized carbons (Fsp3) is 0.600. The van der Waals surface area contributed by atoms with Crippen LogP contribution in [-0.4, -0.2) is 32.8 Å². The number of para-hydroxylation sites is 2. The maximum atomic E-state index is 6.12. The number of methoxy groups -OCH3 is 1. The molecule has 0 aliphatic carbocycles. The van der Waals surface area contributed by atoms with Gasteiger partial charge in [0.25, 0.3) is 0 Å². The van der Waals surface area contributed by atoms with Crippen LogP contribution in [0.2, 0.25) is 0 Å². The van der Waals surface area contributed by atoms with Crippen LogP contribution in [0, 0.1) is 5.41 Å². The lowest BCUT2D eigenvalue weighted by Crippen LogP contribution is -2.35. The van der Waals surface area contributed by atoms with Gasteiger partial charge >= 0.3 is 0 Å². The van der Waals surface area contributed by atoms with Crippen LogP contribution in [0.25, 0.3) is 0 Å². The van der Waals surface area contributed by atoms with Crippen LogP contribution >= 0.6 is 11.6 Å². The molecule has 1 aliphatic heterocycles. The zero-order valence-electron chi connectivity index (χ0n) is 11.4. The van der Waals surface area contributed by atoms with Crippen LogP contribution in [-0.2, 0) is 4.74 Å². The van der Waals surface area contributed by atoms with Gasteiger partial charge in [-0.3, -0.25) is 0 Å². The van der Waals surface area contributed by atoms with Gasteiger partial charge in [-0.2, -0.15) is 0 Å². The highest BCUT2D eigenvalue weighted by Gasteiger charge is 2.32. The van der Waals surface area contributed by atoms with Gasteiger partial charge in [0.05, 0.1) is 20.3 Å². The third-order valence-corrected chi connectivity index (χ3v) is 4.21. The first-order valence-corrected chi connectivity index (χ1v) is 7.23. The quantitative estimate of drug-likeness (QED) is 0.748. The molecule has 0 N–H and O–H groups in total. The van der Waals surface area contributed by atoms with E-state index in [1.54, 1.807) is 7.11 Å². The predicted molar refractivity (Wildman–Crippen MR) is 76.3 cm³/mol. The normalized spacial score (nSPS) is 23.1. The van der Waals surface area contributed by atoms with Gasteiger partial charge in [0.2, 0.25) is 0 Å². The molecule has 19 heavy (non-hydrogen) atoms. The lowest BCUT2D eigenvalue weighted by Gasteiger charge is -2.35. The number of alkyl halides is 1. The maximum Gasteiger partial charge on any atom is 0.161 e. The molecule has 1 aromatic carbocycles. The molecule has 0 radical (unpaired) electrons. The van der Waals surface area contributed by atoms with Crippen LogP contribution < -0.4 is 9.47 Å². The van der Waals surface area contributed by atoms with Gasteiger partial charge in [0.15, 0.2) is 11.5 Å². The van der Waals surface area contributed by atoms with Crippen molar-refractivity contribution in [3.8, 4) is 11.5 Å². The number of ether oxygens (including phenoxy) is 3. The molecular weight excluding hydrogens is 264 g/mol. The molecule has 1 heterocycles. The average molecular weight is 285 g/mol. The highest BCUT2D eigenvalue weighted by molar-refractivity contribution is 6.18. The summed E-state index contributed by atoms with van der Waals surface area (Å²) in [7, 11) is 1.65. The summed E-state index contributed by atoms with van der Waals surface area (Å²) in [5, 5.41) is 0. The van der Waals surface area contributed by atoms with Gasteiger partial charge in [0, 0.05) is 17.9 Å². The lowest BCUT2D eigenvalue weighted by atomic mass is 9.82. The SMILES string of the molecule is COc1ccccc1OCCC1(CCl)CCCOC1. The smallest absolute Gasteiger partial charge is 0.161 e. The van der Waals surface area contributed by atoms with Crippen LogP contribution in [0.3, 0.4) is 0 Å². The van der Waals surface area contributed by atoms with E-state index >= 15 is 0 Å². The summed E-state index contributed by atoms with van der Waals surface area (Å²) in [6, 6.07) is 7.69. The second-order valence-electron chi connectivity index (χ2n) is 5.04. The summed E-state index contributed by atoms with van der Waals surface area (Å²) >= 11 is 6.12. The Morgan fingerprint density at radius 1 is 1.32 bits per heavy atom. The molecular formula is C15H21ClO3. The van der Waals surface area contributed by atoms with Crippen molar-refractivity contribution in [3.63, 3.8) is 0 Å². The van der Waals surface area contributed by atoms with Crippen LogP contribution in [0.15, 0.2) is 24.3 Å². The Bertz CT molecular complexity index is 389. The van der Waals surface area contributed by atoms with E-state index in [1.165, 1.54) is 0 Å². The molecule has 0 aromatic heterocycles. The molecule has 106 valence electrons. The Morgan fingerprint density at radius 3 is 2.74 bits per heavy atom. The Hall–Kier alpha value is -0.930. The molecule has 1 aromatic rings. The molecule has 1 atom stereocenters. The highest BCUT2D eigenvalue weighted by atomic mass is 35.5. The highest BCUT2D eigenvalue weighted by Crippen LogP contribution is 2.34. The summed E-state index contributed by atoms with van der Waals surface area (Å²) in [5.41, 5.74) is 0.0713. The summed E-state index contributed by atoms with van der Waals surface area (Å²) < 4.78 is 16.6. The van der Waals surface area contributed by atoms with Crippen LogP contribution in [0.5, 0.6) is 11.5 Å². The molecule has 0 bridgehead atoms. The van der Waals surface area contributed by atoms with Crippen molar-refractivity contribution in [1.82, 2.24) is 0 Å². The van der Waals surface area contributed by atoms with Gasteiger partial charge in [-0.1, -0.05) is 12.1 Å². The monoisotopic (exact) mass is 284 g/mol. The molecule has 1 unspecified atom stereocenters. The standard InChI is InChI=1S/C15H21ClO3/c1-17-13-5-2-3-6-14(13)19-10-8-15(11-16)7-4-9-18-12-15/h2-3,5-6H,4,7-12H2,1H3. The van der Waals surface area contributed by atoms with Crippen molar-refractivity contribution >= 4 is 11.6 Å². The maximum absolute atomic E-state index is 6.12. The van der Waals surface area contributed by atoms with E-state index in [9.17, 15) is 0 Å². The van der Waals surface area contributed by atoms with E-state index in [-0.39, 0.29) is 5.41 Å². The molecule has 0 saturated carbocycles. The topological polar surface area (TPSA) is 27.7 Å². The number of hydrogen-bond donors (Lipinski definition) is 0. The first-order chi connectivity index (χ1) is 9.29. The van der Waals surface area contributed by atoms with Gasteiger partial charge < -0.3 is 14.2 Å². The van der Waals surface area contributed by atoms with E-state index in [0.29, 0.717) is 12.5 Å². The first kappa shape index (κ1) is 14.5. The van der Waals surface area contributed by atoms with Crippen LogP contribution in [0.1, 0.15) is 19.3 Å². The molecule has 0 amide bonds. The average Bonchev–Trinajstić information content (AvgIpc) is 2.49. The zero-order chi connectivity index (χ0) is 13.6. The third-order valence-electron chi connectivity index (χ3n) is 3.65. The van der Waals surface area contributed by atoms with E-state index in [0.717, 1.165) is 44.0 Å². The summed E-state index contributed by atoms with van der Waals surface area (Å²) in [6.07, 6.45) is 3.11. The second-order valence-corrected chi connectivity index (χ2v) is 5.31. The van der Waals surface area contributed by atoms with E-state index in [4.69, 9.17) is 25.8 Å². The van der Waals surface area contributed by atoms with Crippen molar-refractivity contribution < 1.29 is 14.2 Å². The minimum Gasteiger partial charge on any atom is -0.493 e. The predicted octanol–water partition coefficient (Wildman–Crippen LogP) is 3.50. The van der Waals surface area contributed by atoms with Crippen molar-refractivity contribution in [2.45, 2.75) is 19.3 Å². The number of rotatable bonds is 6. The minimum absolute atomic E-state index is 0.0713. The van der Waals surface area contributed by atoms with Crippen molar-refractivity contribution in [2.24, 2.45) is 5.41 Å². The van der Waals surface area contributed by atoms with Crippen molar-refractivity contribution in [1.29, 1.82) is 0 Å². The number of halogens is 1. The molecule has 1 aliphatic rings. The minimum atomic E-state index is 0.0713. The van der Waals surface area contributed by atoms with Gasteiger partial charge in [-0.15, -0.1) is 11.6 Å². The molecule has 1 fully saturated rings. The molecule has 4 heteroatoms. The summed E-state index contributed by atoms with van der Waals surface area (Å²) in [4.78, 5) is 0. The molecule has 2 rings (SSSR count). The zero-order valence-corrected chi connectivity index (χ0v) is 12.1. The van der Waals surface area contributed by atoms with Crippen molar-refractivity contribution in [3.05, 3.63) is 24.3 Å². The Balaban J connectivity index is 1.88. The van der Waals surface area contributed by atoms with Gasteiger partial charge in [0.1, 0.15) is 0 Å².